The van der Waals surface area contributed by atoms with Gasteiger partial charge in [-0.3, -0.25) is 4.79 Å². The number of nitrogens with one attached hydrogen (secondary N) is 1. The van der Waals surface area contributed by atoms with E-state index >= 15 is 0 Å². The summed E-state index contributed by atoms with van der Waals surface area (Å²) in [6.45, 7) is 2.16. The van der Waals surface area contributed by atoms with Gasteiger partial charge in [-0.25, -0.2) is 0 Å². The van der Waals surface area contributed by atoms with Gasteiger partial charge in [0, 0.05) is 29.9 Å². The molecule has 0 unspecified atom stereocenters. The fraction of sp³-hybridized carbons (Fsp3) is 0.421. The highest BCUT2D eigenvalue weighted by atomic mass is 16.5. The van der Waals surface area contributed by atoms with E-state index in [1.54, 1.807) is 7.11 Å². The number of benzene rings is 1. The molecule has 128 valence electrons. The van der Waals surface area contributed by atoms with Gasteiger partial charge in [-0.1, -0.05) is 12.1 Å². The molecule has 1 aliphatic heterocycles. The summed E-state index contributed by atoms with van der Waals surface area (Å²) in [5.41, 5.74) is 3.05. The number of aromatic amines is 1. The van der Waals surface area contributed by atoms with Crippen molar-refractivity contribution in [3.8, 4) is 17.0 Å². The lowest BCUT2D eigenvalue weighted by Crippen LogP contribution is -2.17. The van der Waals surface area contributed by atoms with Crippen molar-refractivity contribution < 1.29 is 14.2 Å². The maximum Gasteiger partial charge on any atom is 0.253 e. The van der Waals surface area contributed by atoms with E-state index in [0.29, 0.717) is 32.0 Å². The second-order valence-electron chi connectivity index (χ2n) is 5.89. The van der Waals surface area contributed by atoms with E-state index in [-0.39, 0.29) is 5.56 Å². The first-order chi connectivity index (χ1) is 11.8. The highest BCUT2D eigenvalue weighted by molar-refractivity contribution is 5.70. The number of hydrogen-bond acceptors (Lipinski definition) is 4. The molecule has 5 nitrogen and oxygen atoms in total. The van der Waals surface area contributed by atoms with Gasteiger partial charge in [-0.2, -0.15) is 0 Å². The normalized spacial score (nSPS) is 16.0. The van der Waals surface area contributed by atoms with E-state index in [1.807, 2.05) is 30.3 Å². The highest BCUT2D eigenvalue weighted by Gasteiger charge is 2.14. The van der Waals surface area contributed by atoms with E-state index in [1.165, 1.54) is 0 Å². The van der Waals surface area contributed by atoms with Crippen LogP contribution in [0.25, 0.3) is 11.3 Å². The second kappa shape index (κ2) is 8.13. The number of aromatic nitrogens is 1. The SMILES string of the molecule is COc1ccccc1-c1[nH]c(=O)c2cc1COCCCCCOC2. The number of pyridine rings is 1. The van der Waals surface area contributed by atoms with Crippen LogP contribution >= 0.6 is 0 Å². The standard InChI is InChI=1S/C19H23NO4/c1-22-17-8-4-3-7-16(17)18-14-11-15(19(21)20-18)13-24-10-6-2-5-9-23-12-14/h3-4,7-8,11H,2,5-6,9-10,12-13H2,1H3,(H,20,21). The van der Waals surface area contributed by atoms with Crippen molar-refractivity contribution in [3.05, 3.63) is 51.8 Å². The van der Waals surface area contributed by atoms with Gasteiger partial charge >= 0.3 is 0 Å². The zero-order valence-corrected chi connectivity index (χ0v) is 14.0. The Morgan fingerprint density at radius 2 is 1.71 bits per heavy atom. The summed E-state index contributed by atoms with van der Waals surface area (Å²) in [7, 11) is 1.63. The van der Waals surface area contributed by atoms with E-state index in [2.05, 4.69) is 4.98 Å². The molecule has 0 fully saturated rings. The number of rotatable bonds is 2. The number of hydrogen-bond donors (Lipinski definition) is 1. The molecule has 0 saturated heterocycles. The maximum absolute atomic E-state index is 12.4. The molecule has 0 aliphatic carbocycles. The van der Waals surface area contributed by atoms with Gasteiger partial charge in [0.15, 0.2) is 0 Å². The van der Waals surface area contributed by atoms with Gasteiger partial charge in [0.05, 0.1) is 26.0 Å². The molecule has 2 aromatic rings. The first-order valence-corrected chi connectivity index (χ1v) is 8.33. The molecule has 1 aromatic carbocycles. The molecule has 1 aromatic heterocycles. The smallest absolute Gasteiger partial charge is 0.253 e. The van der Waals surface area contributed by atoms with Crippen LogP contribution < -0.4 is 10.3 Å². The molecule has 0 spiro atoms. The molecule has 0 amide bonds. The molecule has 1 aliphatic rings. The van der Waals surface area contributed by atoms with Crippen LogP contribution in [0.15, 0.2) is 35.1 Å². The first kappa shape index (κ1) is 16.7. The van der Waals surface area contributed by atoms with Gasteiger partial charge in [0.25, 0.3) is 5.56 Å². The number of fused-ring (bicyclic) bond motifs is 2. The number of para-hydroxylation sites is 1. The van der Waals surface area contributed by atoms with E-state index in [0.717, 1.165) is 41.8 Å². The predicted octanol–water partition coefficient (Wildman–Crippen LogP) is 3.27. The van der Waals surface area contributed by atoms with Crippen molar-refractivity contribution in [2.75, 3.05) is 20.3 Å². The lowest BCUT2D eigenvalue weighted by molar-refractivity contribution is 0.0974. The van der Waals surface area contributed by atoms with Crippen LogP contribution in [-0.2, 0) is 22.7 Å². The summed E-state index contributed by atoms with van der Waals surface area (Å²) in [6, 6.07) is 9.55. The lowest BCUT2D eigenvalue weighted by Gasteiger charge is -2.15. The Balaban J connectivity index is 2.03. The third-order valence-electron chi connectivity index (χ3n) is 4.17. The van der Waals surface area contributed by atoms with Gasteiger partial charge in [0.1, 0.15) is 5.75 Å². The van der Waals surface area contributed by atoms with Gasteiger partial charge in [-0.05, 0) is 37.5 Å². The highest BCUT2D eigenvalue weighted by Crippen LogP contribution is 2.30. The molecule has 1 N–H and O–H groups in total. The van der Waals surface area contributed by atoms with Crippen LogP contribution in [0.2, 0.25) is 0 Å². The van der Waals surface area contributed by atoms with Crippen LogP contribution in [0.5, 0.6) is 5.75 Å². The molecule has 3 rings (SSSR count). The second-order valence-corrected chi connectivity index (χ2v) is 5.89. The minimum absolute atomic E-state index is 0.128. The Bertz CT molecular complexity index is 738. The first-order valence-electron chi connectivity index (χ1n) is 8.33. The molecule has 2 heterocycles. The number of H-pyrrole nitrogens is 1. The molecule has 2 bridgehead atoms. The molecule has 0 radical (unpaired) electrons. The van der Waals surface area contributed by atoms with Crippen LogP contribution in [-0.4, -0.2) is 25.3 Å². The van der Waals surface area contributed by atoms with E-state index < -0.39 is 0 Å². The summed E-state index contributed by atoms with van der Waals surface area (Å²) in [6.07, 6.45) is 3.08. The molecular formula is C19H23NO4. The van der Waals surface area contributed by atoms with Crippen molar-refractivity contribution in [2.24, 2.45) is 0 Å². The molecule has 5 heteroatoms. The Kier molecular flexibility index (Phi) is 5.67. The predicted molar refractivity (Wildman–Crippen MR) is 92.2 cm³/mol. The number of methoxy groups -OCH3 is 1. The Morgan fingerprint density at radius 1 is 1.00 bits per heavy atom. The molecule has 24 heavy (non-hydrogen) atoms. The summed E-state index contributed by atoms with van der Waals surface area (Å²) in [5.74, 6) is 0.722. The van der Waals surface area contributed by atoms with Crippen LogP contribution in [0.3, 0.4) is 0 Å². The van der Waals surface area contributed by atoms with Gasteiger partial charge < -0.3 is 19.2 Å². The summed E-state index contributed by atoms with van der Waals surface area (Å²) >= 11 is 0. The van der Waals surface area contributed by atoms with Crippen molar-refractivity contribution in [2.45, 2.75) is 32.5 Å². The Hall–Kier alpha value is -2.11. The Morgan fingerprint density at radius 3 is 2.46 bits per heavy atom. The zero-order chi connectivity index (χ0) is 16.8. The summed E-state index contributed by atoms with van der Waals surface area (Å²) in [5, 5.41) is 0. The average molecular weight is 329 g/mol. The third-order valence-corrected chi connectivity index (χ3v) is 4.17. The van der Waals surface area contributed by atoms with Crippen molar-refractivity contribution in [1.29, 1.82) is 0 Å². The summed E-state index contributed by atoms with van der Waals surface area (Å²) < 4.78 is 16.9. The minimum atomic E-state index is -0.128. The minimum Gasteiger partial charge on any atom is -0.496 e. The third kappa shape index (κ3) is 3.86. The van der Waals surface area contributed by atoms with Gasteiger partial charge in [0.2, 0.25) is 0 Å². The topological polar surface area (TPSA) is 60.6 Å². The monoisotopic (exact) mass is 329 g/mol. The summed E-state index contributed by atoms with van der Waals surface area (Å²) in [4.78, 5) is 15.4. The molecular weight excluding hydrogens is 306 g/mol. The quantitative estimate of drug-likeness (QED) is 0.918. The van der Waals surface area contributed by atoms with E-state index in [9.17, 15) is 4.79 Å². The molecule has 0 atom stereocenters. The largest absolute Gasteiger partial charge is 0.496 e. The van der Waals surface area contributed by atoms with Crippen LogP contribution in [0.1, 0.15) is 30.4 Å². The molecule has 0 saturated carbocycles. The van der Waals surface area contributed by atoms with Crippen molar-refractivity contribution >= 4 is 0 Å². The average Bonchev–Trinajstić information content (AvgIpc) is 2.60. The maximum atomic E-state index is 12.4. The van der Waals surface area contributed by atoms with Gasteiger partial charge in [-0.15, -0.1) is 0 Å². The fourth-order valence-electron chi connectivity index (χ4n) is 2.88. The lowest BCUT2D eigenvalue weighted by atomic mass is 10.0. The van der Waals surface area contributed by atoms with Crippen LogP contribution in [0, 0.1) is 0 Å². The Labute approximate surface area is 141 Å². The van der Waals surface area contributed by atoms with Crippen molar-refractivity contribution in [1.82, 2.24) is 4.98 Å². The van der Waals surface area contributed by atoms with Crippen LogP contribution in [0.4, 0.5) is 0 Å². The van der Waals surface area contributed by atoms with Crippen molar-refractivity contribution in [3.63, 3.8) is 0 Å². The zero-order valence-electron chi connectivity index (χ0n) is 14.0. The van der Waals surface area contributed by atoms with E-state index in [4.69, 9.17) is 14.2 Å². The fourth-order valence-corrected chi connectivity index (χ4v) is 2.88. The number of ether oxygens (including phenoxy) is 3.